The minimum absolute atomic E-state index is 0.0868. The first kappa shape index (κ1) is 17.2. The van der Waals surface area contributed by atoms with Crippen LogP contribution in [0.2, 0.25) is 0 Å². The Morgan fingerprint density at radius 3 is 2.43 bits per heavy atom. The Morgan fingerprint density at radius 1 is 1.09 bits per heavy atom. The van der Waals surface area contributed by atoms with E-state index < -0.39 is 10.0 Å². The summed E-state index contributed by atoms with van der Waals surface area (Å²) in [5.74, 6) is -0.201. The lowest BCUT2D eigenvalue weighted by atomic mass is 10.2. The van der Waals surface area contributed by atoms with Crippen LogP contribution in [-0.2, 0) is 16.6 Å². The van der Waals surface area contributed by atoms with Crippen LogP contribution in [0.4, 0.5) is 0 Å². The number of sulfonamides is 1. The number of benzene rings is 2. The van der Waals surface area contributed by atoms with Crippen molar-refractivity contribution in [3.63, 3.8) is 0 Å². The van der Waals surface area contributed by atoms with E-state index in [2.05, 4.69) is 4.72 Å². The maximum Gasteiger partial charge on any atom is 0.253 e. The highest BCUT2D eigenvalue weighted by Crippen LogP contribution is 2.13. The van der Waals surface area contributed by atoms with Gasteiger partial charge in [0.15, 0.2) is 0 Å². The van der Waals surface area contributed by atoms with Crippen LogP contribution in [0.3, 0.4) is 0 Å². The number of nitrogens with one attached hydrogen (secondary N) is 1. The van der Waals surface area contributed by atoms with Gasteiger partial charge in [0.05, 0.1) is 4.90 Å². The fourth-order valence-electron chi connectivity index (χ4n) is 2.02. The standard InChI is InChI=1S/C17H20N2O3S/c1-3-19(2)17(20)15-10-7-11-16(12-15)23(21,22)18-13-14-8-5-4-6-9-14/h4-12,18H,3,13H2,1-2H3. The molecule has 122 valence electrons. The lowest BCUT2D eigenvalue weighted by Crippen LogP contribution is -2.27. The van der Waals surface area contributed by atoms with Crippen LogP contribution in [0.25, 0.3) is 0 Å². The Kier molecular flexibility index (Phi) is 5.52. The Balaban J connectivity index is 2.18. The van der Waals surface area contributed by atoms with Crippen LogP contribution in [0.5, 0.6) is 0 Å². The highest BCUT2D eigenvalue weighted by Gasteiger charge is 2.17. The third-order valence-electron chi connectivity index (χ3n) is 3.52. The Morgan fingerprint density at radius 2 is 1.78 bits per heavy atom. The molecule has 0 saturated carbocycles. The monoisotopic (exact) mass is 332 g/mol. The predicted octanol–water partition coefficient (Wildman–Crippen LogP) is 2.26. The molecular weight excluding hydrogens is 312 g/mol. The highest BCUT2D eigenvalue weighted by atomic mass is 32.2. The van der Waals surface area contributed by atoms with Crippen molar-refractivity contribution in [1.29, 1.82) is 0 Å². The molecule has 0 heterocycles. The highest BCUT2D eigenvalue weighted by molar-refractivity contribution is 7.89. The molecule has 0 fully saturated rings. The fraction of sp³-hybridized carbons (Fsp3) is 0.235. The number of nitrogens with zero attached hydrogens (tertiary/aromatic N) is 1. The van der Waals surface area contributed by atoms with Gasteiger partial charge in [0, 0.05) is 25.7 Å². The molecule has 23 heavy (non-hydrogen) atoms. The van der Waals surface area contributed by atoms with E-state index in [9.17, 15) is 13.2 Å². The summed E-state index contributed by atoms with van der Waals surface area (Å²) in [6.07, 6.45) is 0. The van der Waals surface area contributed by atoms with Gasteiger partial charge in [-0.05, 0) is 30.7 Å². The molecule has 0 atom stereocenters. The second kappa shape index (κ2) is 7.39. The maximum atomic E-state index is 12.4. The number of amides is 1. The second-order valence-electron chi connectivity index (χ2n) is 5.16. The summed E-state index contributed by atoms with van der Waals surface area (Å²) in [5.41, 5.74) is 1.23. The van der Waals surface area contributed by atoms with E-state index >= 15 is 0 Å². The number of hydrogen-bond acceptors (Lipinski definition) is 3. The summed E-state index contributed by atoms with van der Waals surface area (Å²) < 4.78 is 27.3. The van der Waals surface area contributed by atoms with Gasteiger partial charge in [0.2, 0.25) is 10.0 Å². The zero-order valence-electron chi connectivity index (χ0n) is 13.2. The van der Waals surface area contributed by atoms with E-state index in [4.69, 9.17) is 0 Å². The first-order valence-electron chi connectivity index (χ1n) is 7.33. The molecule has 2 aromatic rings. The van der Waals surface area contributed by atoms with Gasteiger partial charge in [-0.1, -0.05) is 36.4 Å². The van der Waals surface area contributed by atoms with Crippen molar-refractivity contribution in [3.8, 4) is 0 Å². The smallest absolute Gasteiger partial charge is 0.253 e. The van der Waals surface area contributed by atoms with Gasteiger partial charge < -0.3 is 4.90 Å². The van der Waals surface area contributed by atoms with Gasteiger partial charge in [-0.25, -0.2) is 13.1 Å². The minimum atomic E-state index is -3.67. The molecule has 0 radical (unpaired) electrons. The van der Waals surface area contributed by atoms with Gasteiger partial charge >= 0.3 is 0 Å². The van der Waals surface area contributed by atoms with Gasteiger partial charge in [-0.15, -0.1) is 0 Å². The third kappa shape index (κ3) is 4.40. The van der Waals surface area contributed by atoms with E-state index in [1.165, 1.54) is 17.0 Å². The Bertz CT molecular complexity index is 773. The van der Waals surface area contributed by atoms with Crippen molar-refractivity contribution in [2.45, 2.75) is 18.4 Å². The van der Waals surface area contributed by atoms with Crippen molar-refractivity contribution >= 4 is 15.9 Å². The zero-order valence-corrected chi connectivity index (χ0v) is 14.0. The normalized spacial score (nSPS) is 11.2. The molecule has 0 bridgehead atoms. The van der Waals surface area contributed by atoms with Crippen LogP contribution in [0.1, 0.15) is 22.8 Å². The van der Waals surface area contributed by atoms with E-state index in [1.54, 1.807) is 19.2 Å². The number of hydrogen-bond donors (Lipinski definition) is 1. The van der Waals surface area contributed by atoms with Crippen molar-refractivity contribution in [3.05, 3.63) is 65.7 Å². The lowest BCUT2D eigenvalue weighted by Gasteiger charge is -2.15. The van der Waals surface area contributed by atoms with Gasteiger partial charge in [0.1, 0.15) is 0 Å². The van der Waals surface area contributed by atoms with Crippen molar-refractivity contribution in [1.82, 2.24) is 9.62 Å². The van der Waals surface area contributed by atoms with Crippen LogP contribution >= 0.6 is 0 Å². The number of rotatable bonds is 6. The Hall–Kier alpha value is -2.18. The number of carbonyl (C=O) groups is 1. The van der Waals surface area contributed by atoms with Crippen molar-refractivity contribution in [2.75, 3.05) is 13.6 Å². The molecule has 6 heteroatoms. The van der Waals surface area contributed by atoms with E-state index in [-0.39, 0.29) is 17.3 Å². The maximum absolute atomic E-state index is 12.4. The molecular formula is C17H20N2O3S. The van der Waals surface area contributed by atoms with Crippen LogP contribution < -0.4 is 4.72 Å². The predicted molar refractivity (Wildman–Crippen MR) is 89.5 cm³/mol. The van der Waals surface area contributed by atoms with E-state index in [1.807, 2.05) is 37.3 Å². The molecule has 0 aromatic heterocycles. The molecule has 0 saturated heterocycles. The largest absolute Gasteiger partial charge is 0.342 e. The van der Waals surface area contributed by atoms with Crippen molar-refractivity contribution < 1.29 is 13.2 Å². The topological polar surface area (TPSA) is 66.5 Å². The summed E-state index contributed by atoms with van der Waals surface area (Å²) in [7, 11) is -1.99. The molecule has 1 amide bonds. The van der Waals surface area contributed by atoms with Gasteiger partial charge in [-0.2, -0.15) is 0 Å². The molecule has 0 spiro atoms. The molecule has 0 aliphatic heterocycles. The quantitative estimate of drug-likeness (QED) is 0.882. The number of carbonyl (C=O) groups excluding carboxylic acids is 1. The molecule has 0 aliphatic rings. The minimum Gasteiger partial charge on any atom is -0.342 e. The third-order valence-corrected chi connectivity index (χ3v) is 4.92. The molecule has 2 rings (SSSR count). The first-order chi connectivity index (χ1) is 10.9. The SMILES string of the molecule is CCN(C)C(=O)c1cccc(S(=O)(=O)NCc2ccccc2)c1. The van der Waals surface area contributed by atoms with Gasteiger partial charge in [-0.3, -0.25) is 4.79 Å². The molecule has 0 unspecified atom stereocenters. The summed E-state index contributed by atoms with van der Waals surface area (Å²) in [4.78, 5) is 13.8. The van der Waals surface area contributed by atoms with E-state index in [0.29, 0.717) is 12.1 Å². The second-order valence-corrected chi connectivity index (χ2v) is 6.92. The van der Waals surface area contributed by atoms with Gasteiger partial charge in [0.25, 0.3) is 5.91 Å². The summed E-state index contributed by atoms with van der Waals surface area (Å²) in [5, 5.41) is 0. The molecule has 2 aromatic carbocycles. The summed E-state index contributed by atoms with van der Waals surface area (Å²) in [6.45, 7) is 2.62. The average molecular weight is 332 g/mol. The molecule has 1 N–H and O–H groups in total. The van der Waals surface area contributed by atoms with Crippen LogP contribution in [0.15, 0.2) is 59.5 Å². The summed E-state index contributed by atoms with van der Waals surface area (Å²) >= 11 is 0. The fourth-order valence-corrected chi connectivity index (χ4v) is 3.08. The van der Waals surface area contributed by atoms with Crippen LogP contribution in [0, 0.1) is 0 Å². The van der Waals surface area contributed by atoms with Crippen LogP contribution in [-0.4, -0.2) is 32.8 Å². The first-order valence-corrected chi connectivity index (χ1v) is 8.81. The Labute approximate surface area is 137 Å². The van der Waals surface area contributed by atoms with Crippen molar-refractivity contribution in [2.24, 2.45) is 0 Å². The molecule has 0 aliphatic carbocycles. The average Bonchev–Trinajstić information content (AvgIpc) is 2.59. The zero-order chi connectivity index (χ0) is 16.9. The molecule has 5 nitrogen and oxygen atoms in total. The van der Waals surface area contributed by atoms with E-state index in [0.717, 1.165) is 5.56 Å². The summed E-state index contributed by atoms with van der Waals surface area (Å²) in [6, 6.07) is 15.3. The lowest BCUT2D eigenvalue weighted by molar-refractivity contribution is 0.0802.